The molecule has 2 rings (SSSR count). The summed E-state index contributed by atoms with van der Waals surface area (Å²) in [5.41, 5.74) is 7.02. The van der Waals surface area contributed by atoms with Crippen LogP contribution >= 0.6 is 0 Å². The van der Waals surface area contributed by atoms with Crippen molar-refractivity contribution >= 4 is 17.6 Å². The quantitative estimate of drug-likeness (QED) is 0.872. The second-order valence-corrected chi connectivity index (χ2v) is 6.48. The second kappa shape index (κ2) is 5.79. The van der Waals surface area contributed by atoms with E-state index in [2.05, 4.69) is 15.2 Å². The van der Waals surface area contributed by atoms with Crippen LogP contribution in [0.4, 0.5) is 16.3 Å². The van der Waals surface area contributed by atoms with Crippen LogP contribution in [0.25, 0.3) is 0 Å². The van der Waals surface area contributed by atoms with E-state index in [-0.39, 0.29) is 12.1 Å². The zero-order chi connectivity index (χ0) is 15.6. The fourth-order valence-corrected chi connectivity index (χ4v) is 2.29. The van der Waals surface area contributed by atoms with Gasteiger partial charge in [0.15, 0.2) is 0 Å². The van der Waals surface area contributed by atoms with Gasteiger partial charge < -0.3 is 20.7 Å². The minimum absolute atomic E-state index is 0.0829. The molecule has 1 saturated heterocycles. The Morgan fingerprint density at radius 1 is 1.52 bits per heavy atom. The van der Waals surface area contributed by atoms with Crippen LogP contribution in [0.1, 0.15) is 32.8 Å². The first-order chi connectivity index (χ1) is 9.74. The molecular formula is C15H24N4O2. The molecule has 1 aliphatic heterocycles. The number of rotatable bonds is 2. The Balaban J connectivity index is 1.91. The number of nitrogens with zero attached hydrogens (tertiary/aromatic N) is 2. The third-order valence-electron chi connectivity index (χ3n) is 3.37. The first-order valence-electron chi connectivity index (χ1n) is 7.21. The molecule has 0 aliphatic carbocycles. The summed E-state index contributed by atoms with van der Waals surface area (Å²) in [6.45, 7) is 9.12. The van der Waals surface area contributed by atoms with E-state index in [1.54, 1.807) is 6.20 Å². The number of ether oxygens (including phenoxy) is 1. The minimum atomic E-state index is -0.474. The van der Waals surface area contributed by atoms with E-state index >= 15 is 0 Å². The van der Waals surface area contributed by atoms with Crippen molar-refractivity contribution in [1.29, 1.82) is 0 Å². The normalized spacial score (nSPS) is 18.7. The van der Waals surface area contributed by atoms with Crippen molar-refractivity contribution in [3.05, 3.63) is 17.8 Å². The zero-order valence-corrected chi connectivity index (χ0v) is 13.1. The lowest BCUT2D eigenvalue weighted by Crippen LogP contribution is -2.40. The Bertz CT molecular complexity index is 525. The number of aryl methyl sites for hydroxylation is 1. The highest BCUT2D eigenvalue weighted by Gasteiger charge is 2.26. The van der Waals surface area contributed by atoms with Gasteiger partial charge in [0.1, 0.15) is 11.4 Å². The van der Waals surface area contributed by atoms with Gasteiger partial charge in [0.05, 0.1) is 17.9 Å². The summed E-state index contributed by atoms with van der Waals surface area (Å²) in [6, 6.07) is 2.06. The second-order valence-electron chi connectivity index (χ2n) is 6.48. The van der Waals surface area contributed by atoms with Crippen LogP contribution in [0.2, 0.25) is 0 Å². The summed E-state index contributed by atoms with van der Waals surface area (Å²) in [6.07, 6.45) is 2.19. The molecule has 0 bridgehead atoms. The van der Waals surface area contributed by atoms with E-state index in [9.17, 15) is 4.79 Å². The molecule has 1 aromatic heterocycles. The predicted molar refractivity (Wildman–Crippen MR) is 83.4 cm³/mol. The number of pyridine rings is 1. The first-order valence-corrected chi connectivity index (χ1v) is 7.21. The lowest BCUT2D eigenvalue weighted by Gasteiger charge is -2.22. The van der Waals surface area contributed by atoms with Gasteiger partial charge in [-0.2, -0.15) is 0 Å². The summed E-state index contributed by atoms with van der Waals surface area (Å²) in [4.78, 5) is 18.3. The maximum atomic E-state index is 11.8. The number of aromatic nitrogens is 1. The average Bonchev–Trinajstić information content (AvgIpc) is 2.78. The molecule has 1 aliphatic rings. The van der Waals surface area contributed by atoms with Crippen molar-refractivity contribution < 1.29 is 9.53 Å². The van der Waals surface area contributed by atoms with Crippen LogP contribution < -0.4 is 16.0 Å². The number of amides is 1. The van der Waals surface area contributed by atoms with Crippen molar-refractivity contribution in [3.8, 4) is 0 Å². The van der Waals surface area contributed by atoms with Crippen molar-refractivity contribution in [2.75, 3.05) is 23.7 Å². The maximum absolute atomic E-state index is 11.8. The Hall–Kier alpha value is -1.98. The number of hydrogen-bond donors (Lipinski definition) is 2. The number of nitrogens with one attached hydrogen (secondary N) is 1. The Morgan fingerprint density at radius 3 is 2.86 bits per heavy atom. The molecule has 6 nitrogen and oxygen atoms in total. The zero-order valence-electron chi connectivity index (χ0n) is 13.1. The number of anilines is 2. The van der Waals surface area contributed by atoms with Crippen LogP contribution in [-0.4, -0.2) is 35.8 Å². The van der Waals surface area contributed by atoms with Gasteiger partial charge in [0, 0.05) is 13.1 Å². The Morgan fingerprint density at radius 2 is 2.24 bits per heavy atom. The van der Waals surface area contributed by atoms with Gasteiger partial charge in [0.2, 0.25) is 0 Å². The van der Waals surface area contributed by atoms with Crippen LogP contribution in [0.5, 0.6) is 0 Å². The van der Waals surface area contributed by atoms with E-state index in [0.717, 1.165) is 30.9 Å². The monoisotopic (exact) mass is 292 g/mol. The summed E-state index contributed by atoms with van der Waals surface area (Å²) in [7, 11) is 0. The average molecular weight is 292 g/mol. The Kier molecular flexibility index (Phi) is 4.25. The minimum Gasteiger partial charge on any atom is -0.444 e. The molecule has 3 N–H and O–H groups in total. The summed E-state index contributed by atoms with van der Waals surface area (Å²) in [5, 5.41) is 2.91. The molecule has 1 atom stereocenters. The van der Waals surface area contributed by atoms with Crippen LogP contribution in [-0.2, 0) is 4.74 Å². The fraction of sp³-hybridized carbons (Fsp3) is 0.600. The van der Waals surface area contributed by atoms with Gasteiger partial charge in [-0.15, -0.1) is 0 Å². The molecule has 6 heteroatoms. The number of nitrogen functional groups attached to an aromatic ring is 1. The smallest absolute Gasteiger partial charge is 0.407 e. The lowest BCUT2D eigenvalue weighted by molar-refractivity contribution is 0.0509. The molecule has 0 unspecified atom stereocenters. The number of alkyl carbamates (subject to hydrolysis) is 1. The molecular weight excluding hydrogens is 268 g/mol. The third kappa shape index (κ3) is 4.24. The van der Waals surface area contributed by atoms with E-state index in [1.807, 2.05) is 33.8 Å². The van der Waals surface area contributed by atoms with Crippen molar-refractivity contribution in [1.82, 2.24) is 10.3 Å². The summed E-state index contributed by atoms with van der Waals surface area (Å²) >= 11 is 0. The van der Waals surface area contributed by atoms with Crippen molar-refractivity contribution in [3.63, 3.8) is 0 Å². The van der Waals surface area contributed by atoms with Gasteiger partial charge in [-0.05, 0) is 45.7 Å². The molecule has 1 amide bonds. The lowest BCUT2D eigenvalue weighted by atomic mass is 10.2. The maximum Gasteiger partial charge on any atom is 0.407 e. The molecule has 0 spiro atoms. The van der Waals surface area contributed by atoms with Gasteiger partial charge in [0.25, 0.3) is 0 Å². The summed E-state index contributed by atoms with van der Waals surface area (Å²) < 4.78 is 5.27. The van der Waals surface area contributed by atoms with Gasteiger partial charge in [-0.25, -0.2) is 9.78 Å². The van der Waals surface area contributed by atoms with Gasteiger partial charge >= 0.3 is 6.09 Å². The van der Waals surface area contributed by atoms with Crippen LogP contribution in [0.3, 0.4) is 0 Å². The topological polar surface area (TPSA) is 80.5 Å². The molecule has 21 heavy (non-hydrogen) atoms. The van der Waals surface area contributed by atoms with E-state index in [4.69, 9.17) is 10.5 Å². The molecule has 1 fully saturated rings. The molecule has 0 radical (unpaired) electrons. The molecule has 1 aromatic rings. The van der Waals surface area contributed by atoms with Gasteiger partial charge in [-0.1, -0.05) is 0 Å². The SMILES string of the molecule is Cc1cc(N2CC[C@@H](NC(=O)OC(C)(C)C)C2)ncc1N. The van der Waals surface area contributed by atoms with Crippen LogP contribution in [0.15, 0.2) is 12.3 Å². The van der Waals surface area contributed by atoms with Gasteiger partial charge in [-0.3, -0.25) is 0 Å². The number of hydrogen-bond acceptors (Lipinski definition) is 5. The standard InChI is InChI=1S/C15H24N4O2/c1-10-7-13(17-8-12(10)16)19-6-5-11(9-19)18-14(20)21-15(2,3)4/h7-8,11H,5-6,9,16H2,1-4H3,(H,18,20)/t11-/m1/s1. The first kappa shape index (κ1) is 15.4. The third-order valence-corrected chi connectivity index (χ3v) is 3.37. The highest BCUT2D eigenvalue weighted by Crippen LogP contribution is 2.21. The molecule has 0 saturated carbocycles. The Labute approximate surface area is 125 Å². The van der Waals surface area contributed by atoms with E-state index in [0.29, 0.717) is 5.69 Å². The van der Waals surface area contributed by atoms with Crippen molar-refractivity contribution in [2.45, 2.75) is 45.8 Å². The molecule has 116 valence electrons. The number of carbonyl (C=O) groups is 1. The predicted octanol–water partition coefficient (Wildman–Crippen LogP) is 2.08. The van der Waals surface area contributed by atoms with Crippen molar-refractivity contribution in [2.24, 2.45) is 0 Å². The number of carbonyl (C=O) groups excluding carboxylic acids is 1. The van der Waals surface area contributed by atoms with E-state index < -0.39 is 5.60 Å². The molecule has 2 heterocycles. The highest BCUT2D eigenvalue weighted by molar-refractivity contribution is 5.68. The highest BCUT2D eigenvalue weighted by atomic mass is 16.6. The summed E-state index contributed by atoms with van der Waals surface area (Å²) in [5.74, 6) is 0.898. The number of nitrogens with two attached hydrogens (primary N) is 1. The largest absolute Gasteiger partial charge is 0.444 e. The van der Waals surface area contributed by atoms with E-state index in [1.165, 1.54) is 0 Å². The van der Waals surface area contributed by atoms with Crippen LogP contribution in [0, 0.1) is 6.92 Å². The fourth-order valence-electron chi connectivity index (χ4n) is 2.29. The molecule has 0 aromatic carbocycles.